The maximum absolute atomic E-state index is 12.8. The lowest BCUT2D eigenvalue weighted by molar-refractivity contribution is -0.141. The Balaban J connectivity index is 2.27. The van der Waals surface area contributed by atoms with Crippen molar-refractivity contribution in [3.8, 4) is 0 Å². The molecule has 0 aromatic heterocycles. The molecule has 31 heavy (non-hydrogen) atoms. The minimum Gasteiger partial charge on any atom is -0.469 e. The average Bonchev–Trinajstić information content (AvgIpc) is 2.78. The van der Waals surface area contributed by atoms with E-state index < -0.39 is 18.0 Å². The molecule has 2 amide bonds. The predicted octanol–water partition coefficient (Wildman–Crippen LogP) is 2.86. The number of carbonyl (C=O) groups is 4. The normalized spacial score (nSPS) is 9.87. The van der Waals surface area contributed by atoms with Crippen molar-refractivity contribution in [2.75, 3.05) is 24.9 Å². The minimum atomic E-state index is -0.780. The van der Waals surface area contributed by atoms with Crippen LogP contribution in [0.2, 0.25) is 0 Å². The van der Waals surface area contributed by atoms with Gasteiger partial charge in [0.15, 0.2) is 10.9 Å². The van der Waals surface area contributed by atoms with E-state index in [-0.39, 0.29) is 29.4 Å². The van der Waals surface area contributed by atoms with Gasteiger partial charge in [-0.2, -0.15) is 0 Å². The summed E-state index contributed by atoms with van der Waals surface area (Å²) in [5, 5.41) is 7.60. The summed E-state index contributed by atoms with van der Waals surface area (Å²) in [6.07, 6.45) is -0.961. The van der Waals surface area contributed by atoms with Crippen LogP contribution in [0.1, 0.15) is 28.8 Å². The maximum atomic E-state index is 12.8. The zero-order valence-electron chi connectivity index (χ0n) is 16.9. The second-order valence-electron chi connectivity index (χ2n) is 6.15. The van der Waals surface area contributed by atoms with Crippen LogP contribution >= 0.6 is 12.2 Å². The standard InChI is InChI=1S/C21H21N3O6S/c1-29-18(26)11-10-17(25)22-15-9-8-14(19(27)13-6-4-3-5-7-13)12-16(15)23-20(31)24-21(28)30-2/h3-9,12H,10-11H2,1-2H3,(H,22,25)(H2,23,24,28,31). The molecule has 0 saturated heterocycles. The van der Waals surface area contributed by atoms with Crippen molar-refractivity contribution >= 4 is 52.5 Å². The number of hydrogen-bond donors (Lipinski definition) is 3. The molecule has 0 saturated carbocycles. The maximum Gasteiger partial charge on any atom is 0.413 e. The lowest BCUT2D eigenvalue weighted by atomic mass is 10.0. The molecule has 0 unspecified atom stereocenters. The Bertz CT molecular complexity index is 994. The number of alkyl carbamates (subject to hydrolysis) is 1. The number of ether oxygens (including phenoxy) is 2. The molecule has 0 radical (unpaired) electrons. The molecule has 2 rings (SSSR count). The van der Waals surface area contributed by atoms with E-state index in [4.69, 9.17) is 12.2 Å². The SMILES string of the molecule is COC(=O)CCC(=O)Nc1ccc(C(=O)c2ccccc2)cc1NC(=S)NC(=O)OC. The van der Waals surface area contributed by atoms with Crippen LogP contribution in [0, 0.1) is 0 Å². The average molecular weight is 443 g/mol. The number of esters is 1. The highest BCUT2D eigenvalue weighted by atomic mass is 32.1. The van der Waals surface area contributed by atoms with Crippen LogP contribution in [-0.2, 0) is 19.1 Å². The Morgan fingerprint density at radius 3 is 2.19 bits per heavy atom. The number of carbonyl (C=O) groups excluding carboxylic acids is 4. The van der Waals surface area contributed by atoms with E-state index in [1.807, 2.05) is 0 Å². The van der Waals surface area contributed by atoms with E-state index >= 15 is 0 Å². The van der Waals surface area contributed by atoms with Crippen molar-refractivity contribution in [3.05, 3.63) is 59.7 Å². The largest absolute Gasteiger partial charge is 0.469 e. The topological polar surface area (TPSA) is 123 Å². The number of ketones is 1. The molecule has 162 valence electrons. The highest BCUT2D eigenvalue weighted by molar-refractivity contribution is 7.80. The first-order valence-electron chi connectivity index (χ1n) is 9.10. The van der Waals surface area contributed by atoms with Gasteiger partial charge in [0.25, 0.3) is 0 Å². The van der Waals surface area contributed by atoms with E-state index in [2.05, 4.69) is 25.4 Å². The number of nitrogens with one attached hydrogen (secondary N) is 3. The molecular formula is C21H21N3O6S. The van der Waals surface area contributed by atoms with Crippen molar-refractivity contribution in [1.29, 1.82) is 0 Å². The van der Waals surface area contributed by atoms with Gasteiger partial charge in [0, 0.05) is 17.5 Å². The number of hydrogen-bond acceptors (Lipinski definition) is 7. The first kappa shape index (κ1) is 23.5. The predicted molar refractivity (Wildman–Crippen MR) is 118 cm³/mol. The minimum absolute atomic E-state index is 0.0853. The van der Waals surface area contributed by atoms with Crippen molar-refractivity contribution < 1.29 is 28.7 Å². The Morgan fingerprint density at radius 1 is 0.839 bits per heavy atom. The second-order valence-corrected chi connectivity index (χ2v) is 6.56. The summed E-state index contributed by atoms with van der Waals surface area (Å²) in [6.45, 7) is 0. The molecule has 0 aliphatic rings. The van der Waals surface area contributed by atoms with Gasteiger partial charge in [-0.15, -0.1) is 0 Å². The van der Waals surface area contributed by atoms with Crippen LogP contribution in [-0.4, -0.2) is 43.1 Å². The Hall–Kier alpha value is -3.79. The van der Waals surface area contributed by atoms with Crippen molar-refractivity contribution in [1.82, 2.24) is 5.32 Å². The Labute approximate surface area is 184 Å². The van der Waals surface area contributed by atoms with Crippen LogP contribution in [0.3, 0.4) is 0 Å². The summed E-state index contributed by atoms with van der Waals surface area (Å²) < 4.78 is 9.01. The molecule has 0 aliphatic heterocycles. The molecule has 9 nitrogen and oxygen atoms in total. The molecule has 0 aliphatic carbocycles. The van der Waals surface area contributed by atoms with Gasteiger partial charge in [0.1, 0.15) is 0 Å². The highest BCUT2D eigenvalue weighted by Crippen LogP contribution is 2.25. The van der Waals surface area contributed by atoms with Gasteiger partial charge in [-0.25, -0.2) is 4.79 Å². The smallest absolute Gasteiger partial charge is 0.413 e. The van der Waals surface area contributed by atoms with Crippen molar-refractivity contribution in [2.24, 2.45) is 0 Å². The van der Waals surface area contributed by atoms with Gasteiger partial charge in [-0.1, -0.05) is 30.3 Å². The van der Waals surface area contributed by atoms with E-state index in [0.29, 0.717) is 16.8 Å². The Kier molecular flexibility index (Phi) is 8.64. The number of rotatable bonds is 7. The molecule has 2 aromatic carbocycles. The molecule has 2 aromatic rings. The molecule has 0 atom stereocenters. The van der Waals surface area contributed by atoms with E-state index in [1.54, 1.807) is 36.4 Å². The van der Waals surface area contributed by atoms with Crippen molar-refractivity contribution in [2.45, 2.75) is 12.8 Å². The molecule has 0 bridgehead atoms. The lowest BCUT2D eigenvalue weighted by Gasteiger charge is -2.15. The summed E-state index contributed by atoms with van der Waals surface area (Å²) in [7, 11) is 2.42. The number of thiocarbonyl (C=S) groups is 1. The highest BCUT2D eigenvalue weighted by Gasteiger charge is 2.15. The number of methoxy groups -OCH3 is 2. The fraction of sp³-hybridized carbons (Fsp3) is 0.190. The third-order valence-electron chi connectivity index (χ3n) is 4.02. The summed E-state index contributed by atoms with van der Waals surface area (Å²) in [6, 6.07) is 13.2. The van der Waals surface area contributed by atoms with Crippen LogP contribution in [0.5, 0.6) is 0 Å². The van der Waals surface area contributed by atoms with Gasteiger partial charge in [-0.05, 0) is 30.4 Å². The van der Waals surface area contributed by atoms with Crippen LogP contribution < -0.4 is 16.0 Å². The van der Waals surface area contributed by atoms with Gasteiger partial charge >= 0.3 is 12.1 Å². The third-order valence-corrected chi connectivity index (χ3v) is 4.23. The quantitative estimate of drug-likeness (QED) is 0.339. The lowest BCUT2D eigenvalue weighted by Crippen LogP contribution is -2.34. The second kappa shape index (κ2) is 11.4. The monoisotopic (exact) mass is 443 g/mol. The fourth-order valence-corrected chi connectivity index (χ4v) is 2.68. The zero-order valence-corrected chi connectivity index (χ0v) is 17.7. The van der Waals surface area contributed by atoms with Crippen LogP contribution in [0.15, 0.2) is 48.5 Å². The summed E-state index contributed by atoms with van der Waals surface area (Å²) in [5.74, 6) is -1.19. The van der Waals surface area contributed by atoms with Gasteiger partial charge < -0.3 is 20.1 Å². The Morgan fingerprint density at radius 2 is 1.55 bits per heavy atom. The summed E-state index contributed by atoms with van der Waals surface area (Å²) in [4.78, 5) is 47.6. The zero-order chi connectivity index (χ0) is 22.8. The van der Waals surface area contributed by atoms with Crippen LogP contribution in [0.25, 0.3) is 0 Å². The molecular weight excluding hydrogens is 422 g/mol. The van der Waals surface area contributed by atoms with Gasteiger partial charge in [-0.3, -0.25) is 19.7 Å². The number of anilines is 2. The molecule has 0 fully saturated rings. The van der Waals surface area contributed by atoms with Crippen LogP contribution in [0.4, 0.5) is 16.2 Å². The molecule has 0 spiro atoms. The van der Waals surface area contributed by atoms with E-state index in [9.17, 15) is 19.2 Å². The van der Waals surface area contributed by atoms with Crippen molar-refractivity contribution in [3.63, 3.8) is 0 Å². The third kappa shape index (κ3) is 7.19. The summed E-state index contributed by atoms with van der Waals surface area (Å²) in [5.41, 5.74) is 1.39. The number of amides is 2. The molecule has 0 heterocycles. The fourth-order valence-electron chi connectivity index (χ4n) is 2.48. The number of benzene rings is 2. The van der Waals surface area contributed by atoms with E-state index in [0.717, 1.165) is 0 Å². The molecule has 10 heteroatoms. The molecule has 3 N–H and O–H groups in total. The van der Waals surface area contributed by atoms with Gasteiger partial charge in [0.2, 0.25) is 5.91 Å². The van der Waals surface area contributed by atoms with Gasteiger partial charge in [0.05, 0.1) is 32.0 Å². The first-order chi connectivity index (χ1) is 14.8. The first-order valence-corrected chi connectivity index (χ1v) is 9.51. The van der Waals surface area contributed by atoms with E-state index in [1.165, 1.54) is 26.4 Å². The summed E-state index contributed by atoms with van der Waals surface area (Å²) >= 11 is 5.07.